The third-order valence-electron chi connectivity index (χ3n) is 5.87. The summed E-state index contributed by atoms with van der Waals surface area (Å²) in [5.74, 6) is 0.451. The minimum Gasteiger partial charge on any atom is -0.507 e. The van der Waals surface area contributed by atoms with Crippen molar-refractivity contribution in [1.82, 2.24) is 0 Å². The predicted octanol–water partition coefficient (Wildman–Crippen LogP) is -0.294. The number of benzene rings is 1. The molecule has 2 aliphatic heterocycles. The quantitative estimate of drug-likeness (QED) is 0.431. The van der Waals surface area contributed by atoms with Crippen molar-refractivity contribution in [2.24, 2.45) is 0 Å². The van der Waals surface area contributed by atoms with Gasteiger partial charge in [-0.25, -0.2) is 0 Å². The average Bonchev–Trinajstić information content (AvgIpc) is 2.68. The summed E-state index contributed by atoms with van der Waals surface area (Å²) in [6.45, 7) is 4.52. The van der Waals surface area contributed by atoms with Gasteiger partial charge in [-0.05, 0) is 20.8 Å². The topological polar surface area (TPSA) is 159 Å². The van der Waals surface area contributed by atoms with Crippen molar-refractivity contribution >= 4 is 11.0 Å². The normalized spacial score (nSPS) is 32.5. The summed E-state index contributed by atoms with van der Waals surface area (Å²) in [5.41, 5.74) is -0.825. The zero-order valence-corrected chi connectivity index (χ0v) is 17.3. The molecule has 5 N–H and O–H groups in total. The van der Waals surface area contributed by atoms with Gasteiger partial charge in [0.2, 0.25) is 0 Å². The molecule has 3 heterocycles. The second-order valence-electron chi connectivity index (χ2n) is 8.53. The number of aliphatic hydroxyl groups is 4. The van der Waals surface area contributed by atoms with Crippen molar-refractivity contribution in [2.75, 3.05) is 6.61 Å². The summed E-state index contributed by atoms with van der Waals surface area (Å²) in [6, 6.07) is 2.83. The highest BCUT2D eigenvalue weighted by atomic mass is 16.7. The fourth-order valence-electron chi connectivity index (χ4n) is 4.06. The van der Waals surface area contributed by atoms with Crippen molar-refractivity contribution in [3.05, 3.63) is 33.7 Å². The van der Waals surface area contributed by atoms with E-state index in [-0.39, 0.29) is 23.1 Å². The third kappa shape index (κ3) is 3.69. The van der Waals surface area contributed by atoms with Gasteiger partial charge in [0.15, 0.2) is 11.7 Å². The number of phenols is 1. The molecular formula is C21H26O10. The Hall–Kier alpha value is -2.21. The molecule has 6 atom stereocenters. The minimum atomic E-state index is -1.58. The lowest BCUT2D eigenvalue weighted by molar-refractivity contribution is -0.321. The molecule has 0 radical (unpaired) electrons. The van der Waals surface area contributed by atoms with Crippen LogP contribution in [0.25, 0.3) is 11.0 Å². The number of phenolic OH excluding ortho intramolecular Hbond substituents is 1. The molecule has 0 spiro atoms. The van der Waals surface area contributed by atoms with Crippen LogP contribution in [0.2, 0.25) is 0 Å². The zero-order chi connectivity index (χ0) is 22.7. The summed E-state index contributed by atoms with van der Waals surface area (Å²) in [6.07, 6.45) is -7.81. The molecule has 0 saturated carbocycles. The van der Waals surface area contributed by atoms with Crippen LogP contribution in [0.4, 0.5) is 0 Å². The van der Waals surface area contributed by atoms with Crippen molar-refractivity contribution in [1.29, 1.82) is 0 Å². The molecule has 0 unspecified atom stereocenters. The molecule has 2 aromatic rings. The van der Waals surface area contributed by atoms with Gasteiger partial charge in [-0.2, -0.15) is 0 Å². The molecule has 31 heavy (non-hydrogen) atoms. The SMILES string of the molecule is Cc1cc(=O)c2c(O)c3c(cc2o1)OC(C)(C)[C@@H](O[C@@H]1O[C@H](CO)[C@@H](O)[C@H](O)[C@H]1O)C3. The number of aromatic hydroxyl groups is 1. The maximum atomic E-state index is 12.4. The lowest BCUT2D eigenvalue weighted by Gasteiger charge is -2.45. The Kier molecular flexibility index (Phi) is 5.49. The Bertz CT molecular complexity index is 1040. The van der Waals surface area contributed by atoms with E-state index in [9.17, 15) is 30.3 Å². The number of ether oxygens (including phenoxy) is 3. The van der Waals surface area contributed by atoms with Gasteiger partial charge in [0.25, 0.3) is 0 Å². The molecule has 0 aliphatic carbocycles. The smallest absolute Gasteiger partial charge is 0.196 e. The number of hydrogen-bond acceptors (Lipinski definition) is 10. The van der Waals surface area contributed by atoms with Crippen LogP contribution in [-0.2, 0) is 15.9 Å². The van der Waals surface area contributed by atoms with E-state index in [0.29, 0.717) is 17.1 Å². The Labute approximate surface area is 177 Å². The van der Waals surface area contributed by atoms with Gasteiger partial charge in [0, 0.05) is 24.1 Å². The van der Waals surface area contributed by atoms with Gasteiger partial charge in [0.1, 0.15) is 64.3 Å². The van der Waals surface area contributed by atoms with Gasteiger partial charge >= 0.3 is 0 Å². The van der Waals surface area contributed by atoms with Crippen molar-refractivity contribution in [3.63, 3.8) is 0 Å². The molecule has 0 amide bonds. The van der Waals surface area contributed by atoms with E-state index in [1.807, 2.05) is 0 Å². The number of fused-ring (bicyclic) bond motifs is 2. The maximum absolute atomic E-state index is 12.4. The molecule has 0 bridgehead atoms. The van der Waals surface area contributed by atoms with Crippen LogP contribution in [0, 0.1) is 6.92 Å². The highest BCUT2D eigenvalue weighted by Gasteiger charge is 2.48. The van der Waals surface area contributed by atoms with Crippen molar-refractivity contribution in [3.8, 4) is 11.5 Å². The molecule has 10 nitrogen and oxygen atoms in total. The van der Waals surface area contributed by atoms with E-state index >= 15 is 0 Å². The highest BCUT2D eigenvalue weighted by Crippen LogP contribution is 2.43. The van der Waals surface area contributed by atoms with Crippen LogP contribution in [0.1, 0.15) is 25.2 Å². The Morgan fingerprint density at radius 3 is 2.55 bits per heavy atom. The second kappa shape index (κ2) is 7.73. The van der Waals surface area contributed by atoms with Crippen molar-refractivity contribution in [2.45, 2.75) is 69.6 Å². The lowest BCUT2D eigenvalue weighted by atomic mass is 9.89. The Balaban J connectivity index is 1.68. The average molecular weight is 438 g/mol. The standard InChI is InChI=1S/C21H26O10/c1-8-4-10(23)15-12(28-8)6-11-9(16(15)24)5-14(21(2,3)31-11)30-20-19(27)18(26)17(25)13(7-22)29-20/h4,6,13-14,17-20,22,24-27H,5,7H2,1-3H3/t13-,14+,17-,18+,19-,20+/m1/s1. The fourth-order valence-corrected chi connectivity index (χ4v) is 4.06. The van der Waals surface area contributed by atoms with Crippen LogP contribution in [0.5, 0.6) is 11.5 Å². The third-order valence-corrected chi connectivity index (χ3v) is 5.87. The summed E-state index contributed by atoms with van der Waals surface area (Å²) in [5, 5.41) is 50.4. The second-order valence-corrected chi connectivity index (χ2v) is 8.53. The van der Waals surface area contributed by atoms with Gasteiger partial charge < -0.3 is 44.2 Å². The van der Waals surface area contributed by atoms with Gasteiger partial charge in [0.05, 0.1) is 6.61 Å². The molecule has 2 aliphatic rings. The summed E-state index contributed by atoms with van der Waals surface area (Å²) < 4.78 is 22.9. The first-order chi connectivity index (χ1) is 14.5. The van der Waals surface area contributed by atoms with Crippen LogP contribution >= 0.6 is 0 Å². The molecule has 10 heteroatoms. The maximum Gasteiger partial charge on any atom is 0.196 e. The van der Waals surface area contributed by atoms with Gasteiger partial charge in [-0.15, -0.1) is 0 Å². The largest absolute Gasteiger partial charge is 0.507 e. The van der Waals surface area contributed by atoms with Crippen LogP contribution in [-0.4, -0.2) is 74.6 Å². The van der Waals surface area contributed by atoms with E-state index in [1.54, 1.807) is 26.8 Å². The number of aryl methyl sites for hydroxylation is 1. The first-order valence-electron chi connectivity index (χ1n) is 9.97. The summed E-state index contributed by atoms with van der Waals surface area (Å²) in [4.78, 5) is 12.4. The molecule has 1 aromatic carbocycles. The fraction of sp³-hybridized carbons (Fsp3) is 0.571. The Morgan fingerprint density at radius 2 is 1.87 bits per heavy atom. The first-order valence-corrected chi connectivity index (χ1v) is 9.97. The van der Waals surface area contributed by atoms with Crippen LogP contribution < -0.4 is 10.2 Å². The summed E-state index contributed by atoms with van der Waals surface area (Å²) >= 11 is 0. The predicted molar refractivity (Wildman–Crippen MR) is 106 cm³/mol. The van der Waals surface area contributed by atoms with Gasteiger partial charge in [-0.3, -0.25) is 4.79 Å². The van der Waals surface area contributed by atoms with E-state index in [2.05, 4.69) is 0 Å². The van der Waals surface area contributed by atoms with Crippen LogP contribution in [0.15, 0.2) is 21.3 Å². The minimum absolute atomic E-state index is 0.0271. The zero-order valence-electron chi connectivity index (χ0n) is 17.3. The van der Waals surface area contributed by atoms with Crippen molar-refractivity contribution < 1.29 is 44.2 Å². The van der Waals surface area contributed by atoms with Crippen LogP contribution in [0.3, 0.4) is 0 Å². The van der Waals surface area contributed by atoms with E-state index in [4.69, 9.17) is 18.6 Å². The molecule has 4 rings (SSSR count). The molecule has 1 aromatic heterocycles. The number of aliphatic hydroxyl groups excluding tert-OH is 4. The van der Waals surface area contributed by atoms with E-state index < -0.39 is 54.4 Å². The highest BCUT2D eigenvalue weighted by molar-refractivity contribution is 5.87. The first kappa shape index (κ1) is 22.0. The number of rotatable bonds is 3. The van der Waals surface area contributed by atoms with Gasteiger partial charge in [-0.1, -0.05) is 0 Å². The molecule has 1 saturated heterocycles. The monoisotopic (exact) mass is 438 g/mol. The molecule has 170 valence electrons. The summed E-state index contributed by atoms with van der Waals surface area (Å²) in [7, 11) is 0. The van der Waals surface area contributed by atoms with E-state index in [1.165, 1.54) is 6.07 Å². The molecule has 1 fully saturated rings. The van der Waals surface area contributed by atoms with E-state index in [0.717, 1.165) is 0 Å². The Morgan fingerprint density at radius 1 is 1.16 bits per heavy atom. The lowest BCUT2D eigenvalue weighted by Crippen LogP contribution is -2.61. The number of hydrogen-bond donors (Lipinski definition) is 5. The molecular weight excluding hydrogens is 412 g/mol.